The molecular weight excluding hydrogens is 155 g/mol. The van der Waals surface area contributed by atoms with Gasteiger partial charge < -0.3 is 5.73 Å². The van der Waals surface area contributed by atoms with Crippen LogP contribution in [0, 0.1) is 12.9 Å². The van der Waals surface area contributed by atoms with Gasteiger partial charge in [0.2, 0.25) is 5.95 Å². The highest BCUT2D eigenvalue weighted by Gasteiger charge is 2.40. The van der Waals surface area contributed by atoms with Crippen LogP contribution < -0.4 is 5.73 Å². The van der Waals surface area contributed by atoms with E-state index in [1.807, 2.05) is 0 Å². The molecule has 0 saturated heterocycles. The maximum atomic E-state index is 12.8. The fourth-order valence-corrected chi connectivity index (χ4v) is 1.25. The van der Waals surface area contributed by atoms with Gasteiger partial charge >= 0.3 is 0 Å². The molecule has 0 aliphatic heterocycles. The van der Waals surface area contributed by atoms with Crippen molar-refractivity contribution >= 4 is 0 Å². The zero-order valence-electron chi connectivity index (χ0n) is 6.97. The van der Waals surface area contributed by atoms with Gasteiger partial charge in [-0.25, -0.2) is 4.98 Å². The number of pyridine rings is 1. The molecule has 0 bridgehead atoms. The third kappa shape index (κ3) is 1.10. The number of nitrogens with two attached hydrogens (primary N) is 1. The highest BCUT2D eigenvalue weighted by Crippen LogP contribution is 2.42. The maximum absolute atomic E-state index is 12.8. The van der Waals surface area contributed by atoms with Gasteiger partial charge in [0.25, 0.3) is 0 Å². The highest BCUT2D eigenvalue weighted by molar-refractivity contribution is 5.29. The summed E-state index contributed by atoms with van der Waals surface area (Å²) in [6.07, 6.45) is 3.51. The highest BCUT2D eigenvalue weighted by atomic mass is 19.1. The van der Waals surface area contributed by atoms with Crippen molar-refractivity contribution in [2.45, 2.75) is 25.3 Å². The number of aryl methyl sites for hydroxylation is 1. The summed E-state index contributed by atoms with van der Waals surface area (Å²) in [5.74, 6) is -0.400. The normalized spacial score (nSPS) is 19.2. The zero-order valence-corrected chi connectivity index (χ0v) is 6.97. The minimum Gasteiger partial charge on any atom is -0.321 e. The van der Waals surface area contributed by atoms with E-state index in [0.717, 1.165) is 18.4 Å². The Morgan fingerprint density at radius 2 is 2.25 bits per heavy atom. The first-order valence-electron chi connectivity index (χ1n) is 4.03. The average Bonchev–Trinajstić information content (AvgIpc) is 2.75. The minimum absolute atomic E-state index is 0.203. The second kappa shape index (κ2) is 2.26. The van der Waals surface area contributed by atoms with Gasteiger partial charge in [0.15, 0.2) is 0 Å². The van der Waals surface area contributed by atoms with Crippen LogP contribution in [-0.2, 0) is 5.54 Å². The van der Waals surface area contributed by atoms with Crippen LogP contribution in [0.15, 0.2) is 12.3 Å². The Balaban J connectivity index is 2.41. The molecule has 64 valence electrons. The van der Waals surface area contributed by atoms with E-state index in [1.165, 1.54) is 6.20 Å². The molecule has 0 amide bonds. The Morgan fingerprint density at radius 3 is 2.75 bits per heavy atom. The Bertz CT molecular complexity index is 318. The van der Waals surface area contributed by atoms with E-state index in [4.69, 9.17) is 5.73 Å². The topological polar surface area (TPSA) is 38.9 Å². The van der Waals surface area contributed by atoms with Gasteiger partial charge in [-0.3, -0.25) is 0 Å². The first-order valence-corrected chi connectivity index (χ1v) is 4.03. The lowest BCUT2D eigenvalue weighted by molar-refractivity contribution is 0.569. The Hall–Kier alpha value is -0.960. The molecule has 3 heteroatoms. The van der Waals surface area contributed by atoms with Crippen LogP contribution >= 0.6 is 0 Å². The largest absolute Gasteiger partial charge is 0.321 e. The SMILES string of the molecule is Cc1cc(C2(N)CC2)cnc1F. The third-order valence-corrected chi connectivity index (χ3v) is 2.38. The lowest BCUT2D eigenvalue weighted by atomic mass is 10.1. The zero-order chi connectivity index (χ0) is 8.77. The lowest BCUT2D eigenvalue weighted by Gasteiger charge is -2.08. The van der Waals surface area contributed by atoms with Crippen molar-refractivity contribution in [3.63, 3.8) is 0 Å². The lowest BCUT2D eigenvalue weighted by Crippen LogP contribution is -2.19. The number of rotatable bonds is 1. The Labute approximate surface area is 70.6 Å². The van der Waals surface area contributed by atoms with Crippen LogP contribution in [0.4, 0.5) is 4.39 Å². The molecule has 1 saturated carbocycles. The number of halogens is 1. The Kier molecular flexibility index (Phi) is 1.45. The van der Waals surface area contributed by atoms with Gasteiger partial charge in [-0.1, -0.05) is 0 Å². The predicted molar refractivity (Wildman–Crippen MR) is 44.0 cm³/mol. The summed E-state index contributed by atoms with van der Waals surface area (Å²) in [6.45, 7) is 1.71. The first kappa shape index (κ1) is 7.68. The van der Waals surface area contributed by atoms with Gasteiger partial charge in [0.05, 0.1) is 0 Å². The quantitative estimate of drug-likeness (QED) is 0.642. The van der Waals surface area contributed by atoms with Gasteiger partial charge in [0.1, 0.15) is 0 Å². The molecule has 0 radical (unpaired) electrons. The summed E-state index contributed by atoms with van der Waals surface area (Å²) in [5.41, 5.74) is 7.25. The molecule has 0 aromatic carbocycles. The van der Waals surface area contributed by atoms with Crippen molar-refractivity contribution in [3.8, 4) is 0 Å². The molecule has 1 heterocycles. The molecule has 1 aromatic rings. The maximum Gasteiger partial charge on any atom is 0.215 e. The molecule has 0 spiro atoms. The molecule has 1 aliphatic rings. The molecule has 0 atom stereocenters. The number of aromatic nitrogens is 1. The van der Waals surface area contributed by atoms with Crippen molar-refractivity contribution in [1.29, 1.82) is 0 Å². The molecular formula is C9H11FN2. The third-order valence-electron chi connectivity index (χ3n) is 2.38. The molecule has 2 rings (SSSR count). The fraction of sp³-hybridized carbons (Fsp3) is 0.444. The van der Waals surface area contributed by atoms with Crippen LogP contribution in [0.5, 0.6) is 0 Å². The van der Waals surface area contributed by atoms with E-state index in [2.05, 4.69) is 4.98 Å². The van der Waals surface area contributed by atoms with Crippen LogP contribution in [0.2, 0.25) is 0 Å². The van der Waals surface area contributed by atoms with Crippen LogP contribution in [-0.4, -0.2) is 4.98 Å². The number of hydrogen-bond donors (Lipinski definition) is 1. The van der Waals surface area contributed by atoms with Crippen molar-refractivity contribution < 1.29 is 4.39 Å². The summed E-state index contributed by atoms with van der Waals surface area (Å²) in [6, 6.07) is 1.79. The van der Waals surface area contributed by atoms with Crippen LogP contribution in [0.3, 0.4) is 0 Å². The van der Waals surface area contributed by atoms with Crippen molar-refractivity contribution in [2.75, 3.05) is 0 Å². The van der Waals surface area contributed by atoms with E-state index in [-0.39, 0.29) is 5.54 Å². The molecule has 12 heavy (non-hydrogen) atoms. The molecule has 0 unspecified atom stereocenters. The number of nitrogens with zero attached hydrogens (tertiary/aromatic N) is 1. The van der Waals surface area contributed by atoms with E-state index in [9.17, 15) is 4.39 Å². The summed E-state index contributed by atoms with van der Waals surface area (Å²) in [4.78, 5) is 3.64. The second-order valence-corrected chi connectivity index (χ2v) is 3.49. The van der Waals surface area contributed by atoms with Gasteiger partial charge in [-0.2, -0.15) is 4.39 Å². The summed E-state index contributed by atoms with van der Waals surface area (Å²) < 4.78 is 12.8. The fourth-order valence-electron chi connectivity index (χ4n) is 1.25. The van der Waals surface area contributed by atoms with Crippen LogP contribution in [0.25, 0.3) is 0 Å². The van der Waals surface area contributed by atoms with Crippen molar-refractivity contribution in [1.82, 2.24) is 4.98 Å². The van der Waals surface area contributed by atoms with Gasteiger partial charge in [-0.05, 0) is 31.4 Å². The monoisotopic (exact) mass is 166 g/mol. The summed E-state index contributed by atoms with van der Waals surface area (Å²) >= 11 is 0. The second-order valence-electron chi connectivity index (χ2n) is 3.49. The molecule has 2 nitrogen and oxygen atoms in total. The first-order chi connectivity index (χ1) is 5.62. The summed E-state index contributed by atoms with van der Waals surface area (Å²) in [5, 5.41) is 0. The van der Waals surface area contributed by atoms with Crippen molar-refractivity contribution in [2.24, 2.45) is 5.73 Å². The van der Waals surface area contributed by atoms with E-state index >= 15 is 0 Å². The standard InChI is InChI=1S/C9H11FN2/c1-6-4-7(5-12-8(6)10)9(11)2-3-9/h4-5H,2-3,11H2,1H3. The van der Waals surface area contributed by atoms with E-state index in [0.29, 0.717) is 5.56 Å². The molecule has 1 aliphatic carbocycles. The smallest absolute Gasteiger partial charge is 0.215 e. The minimum atomic E-state index is -0.400. The molecule has 2 N–H and O–H groups in total. The van der Waals surface area contributed by atoms with Gasteiger partial charge in [-0.15, -0.1) is 0 Å². The number of hydrogen-bond acceptors (Lipinski definition) is 2. The molecule has 1 fully saturated rings. The average molecular weight is 166 g/mol. The van der Waals surface area contributed by atoms with E-state index < -0.39 is 5.95 Å². The van der Waals surface area contributed by atoms with E-state index in [1.54, 1.807) is 13.0 Å². The molecule has 1 aromatic heterocycles. The van der Waals surface area contributed by atoms with Crippen LogP contribution in [0.1, 0.15) is 24.0 Å². The predicted octanol–water partition coefficient (Wildman–Crippen LogP) is 1.48. The van der Waals surface area contributed by atoms with Crippen molar-refractivity contribution in [3.05, 3.63) is 29.3 Å². The Morgan fingerprint density at radius 1 is 1.58 bits per heavy atom. The summed E-state index contributed by atoms with van der Waals surface area (Å²) in [7, 11) is 0. The van der Waals surface area contributed by atoms with Gasteiger partial charge in [0, 0.05) is 17.3 Å².